The van der Waals surface area contributed by atoms with Crippen molar-refractivity contribution in [3.63, 3.8) is 0 Å². The van der Waals surface area contributed by atoms with Crippen molar-refractivity contribution in [1.82, 2.24) is 4.98 Å². The third-order valence-electron chi connectivity index (χ3n) is 3.22. The second kappa shape index (κ2) is 9.07. The summed E-state index contributed by atoms with van der Waals surface area (Å²) in [5.41, 5.74) is -1.05. The maximum atomic E-state index is 12.9. The molecule has 1 heterocycles. The minimum Gasteiger partial charge on any atom is -0.462 e. The zero-order chi connectivity index (χ0) is 22.6. The molecule has 1 aromatic rings. The molecule has 29 heavy (non-hydrogen) atoms. The minimum absolute atomic E-state index is 0.0795. The molecule has 0 aliphatic rings. The maximum Gasteiger partial charge on any atom is 0.425 e. The maximum absolute atomic E-state index is 12.9. The van der Waals surface area contributed by atoms with Gasteiger partial charge in [-0.25, -0.2) is 19.4 Å². The molecule has 2 amide bonds. The summed E-state index contributed by atoms with van der Waals surface area (Å²) in [6.45, 7) is 17.0. The van der Waals surface area contributed by atoms with E-state index in [-0.39, 0.29) is 18.0 Å². The number of aromatic nitrogens is 1. The molecule has 160 valence electrons. The molecule has 0 N–H and O–H groups in total. The molecule has 0 atom stereocenters. The Morgan fingerprint density at radius 1 is 1.07 bits per heavy atom. The number of carbonyl (C=O) groups excluding carboxylic acids is 3. The zero-order valence-electron chi connectivity index (χ0n) is 18.4. The average Bonchev–Trinajstić information content (AvgIpc) is 2.50. The van der Waals surface area contributed by atoms with Crippen LogP contribution in [0.25, 0.3) is 6.08 Å². The minimum atomic E-state index is -1.02. The van der Waals surface area contributed by atoms with Crippen LogP contribution in [-0.4, -0.2) is 40.9 Å². The zero-order valence-corrected chi connectivity index (χ0v) is 18.4. The molecule has 0 unspecified atom stereocenters. The predicted molar refractivity (Wildman–Crippen MR) is 110 cm³/mol. The topological polar surface area (TPSA) is 95.0 Å². The van der Waals surface area contributed by atoms with Crippen molar-refractivity contribution in [2.24, 2.45) is 0 Å². The fraction of sp³-hybridized carbons (Fsp3) is 0.524. The van der Waals surface area contributed by atoms with Crippen molar-refractivity contribution in [1.29, 1.82) is 0 Å². The lowest BCUT2D eigenvalue weighted by atomic mass is 10.1. The van der Waals surface area contributed by atoms with E-state index in [4.69, 9.17) is 14.2 Å². The van der Waals surface area contributed by atoms with Gasteiger partial charge in [-0.2, -0.15) is 4.90 Å². The lowest BCUT2D eigenvalue weighted by Crippen LogP contribution is -2.45. The Bertz CT molecular complexity index is 775. The van der Waals surface area contributed by atoms with Crippen molar-refractivity contribution in [2.75, 3.05) is 11.5 Å². The summed E-state index contributed by atoms with van der Waals surface area (Å²) < 4.78 is 15.8. The molecule has 1 aromatic heterocycles. The highest BCUT2D eigenvalue weighted by molar-refractivity contribution is 6.13. The molecule has 0 aliphatic heterocycles. The number of hydrogen-bond donors (Lipinski definition) is 0. The van der Waals surface area contributed by atoms with Gasteiger partial charge in [0.25, 0.3) is 0 Å². The van der Waals surface area contributed by atoms with E-state index >= 15 is 0 Å². The van der Waals surface area contributed by atoms with E-state index < -0.39 is 29.4 Å². The Labute approximate surface area is 171 Å². The fourth-order valence-corrected chi connectivity index (χ4v) is 2.28. The third kappa shape index (κ3) is 6.89. The van der Waals surface area contributed by atoms with Crippen LogP contribution in [0.5, 0.6) is 0 Å². The van der Waals surface area contributed by atoms with Crippen molar-refractivity contribution in [3.05, 3.63) is 29.5 Å². The molecule has 0 bridgehead atoms. The molecule has 1 rings (SSSR count). The number of amides is 2. The summed E-state index contributed by atoms with van der Waals surface area (Å²) in [6.07, 6.45) is -0.622. The van der Waals surface area contributed by atoms with Gasteiger partial charge in [-0.1, -0.05) is 12.7 Å². The number of aryl methyl sites for hydroxylation is 1. The Morgan fingerprint density at radius 3 is 1.93 bits per heavy atom. The second-order valence-corrected chi connectivity index (χ2v) is 8.27. The lowest BCUT2D eigenvalue weighted by Gasteiger charge is -2.29. The SMILES string of the molecule is C=Cc1cc(C)nc(N(C(=O)OC(C)(C)C)C(=O)OC(C)(C)C)c1C(=O)OCC. The smallest absolute Gasteiger partial charge is 0.425 e. The van der Waals surface area contributed by atoms with Gasteiger partial charge >= 0.3 is 18.2 Å². The molecule has 8 nitrogen and oxygen atoms in total. The first kappa shape index (κ1) is 24.1. The van der Waals surface area contributed by atoms with Crippen LogP contribution in [0.1, 0.15) is 70.1 Å². The summed E-state index contributed by atoms with van der Waals surface area (Å²) in [7, 11) is 0. The van der Waals surface area contributed by atoms with E-state index in [9.17, 15) is 14.4 Å². The number of anilines is 1. The van der Waals surface area contributed by atoms with Gasteiger partial charge in [0.15, 0.2) is 5.82 Å². The largest absolute Gasteiger partial charge is 0.462 e. The van der Waals surface area contributed by atoms with E-state index in [2.05, 4.69) is 11.6 Å². The number of imide groups is 1. The Kier molecular flexibility index (Phi) is 7.55. The molecule has 0 aromatic carbocycles. The van der Waals surface area contributed by atoms with Gasteiger partial charge < -0.3 is 14.2 Å². The molecule has 8 heteroatoms. The molecule has 0 aliphatic carbocycles. The number of pyridine rings is 1. The first-order chi connectivity index (χ1) is 13.2. The number of rotatable bonds is 4. The van der Waals surface area contributed by atoms with Crippen LogP contribution in [0.3, 0.4) is 0 Å². The highest BCUT2D eigenvalue weighted by Crippen LogP contribution is 2.28. The summed E-state index contributed by atoms with van der Waals surface area (Å²) >= 11 is 0. The van der Waals surface area contributed by atoms with Crippen LogP contribution in [0.2, 0.25) is 0 Å². The molecular formula is C21H30N2O6. The van der Waals surface area contributed by atoms with E-state index in [1.807, 2.05) is 0 Å². The van der Waals surface area contributed by atoms with Gasteiger partial charge in [-0.05, 0) is 67.0 Å². The van der Waals surface area contributed by atoms with E-state index in [0.29, 0.717) is 16.2 Å². The van der Waals surface area contributed by atoms with Crippen molar-refractivity contribution >= 4 is 30.0 Å². The van der Waals surface area contributed by atoms with Gasteiger partial charge in [-0.3, -0.25) is 0 Å². The standard InChI is InChI=1S/C21H30N2O6/c1-10-14-12-13(3)22-16(15(14)17(24)27-11-2)23(18(25)28-20(4,5)6)19(26)29-21(7,8)9/h10,12H,1,11H2,2-9H3. The summed E-state index contributed by atoms with van der Waals surface area (Å²) in [6, 6.07) is 1.60. The van der Waals surface area contributed by atoms with Gasteiger partial charge in [0.05, 0.1) is 6.61 Å². The van der Waals surface area contributed by atoms with E-state index in [1.165, 1.54) is 6.08 Å². The quantitative estimate of drug-likeness (QED) is 0.519. The summed E-state index contributed by atoms with van der Waals surface area (Å²) in [5.74, 6) is -0.983. The van der Waals surface area contributed by atoms with E-state index in [1.54, 1.807) is 61.5 Å². The average molecular weight is 406 g/mol. The van der Waals surface area contributed by atoms with Crippen LogP contribution < -0.4 is 4.90 Å². The second-order valence-electron chi connectivity index (χ2n) is 8.27. The highest BCUT2D eigenvalue weighted by Gasteiger charge is 2.37. The molecule has 0 fully saturated rings. The monoisotopic (exact) mass is 406 g/mol. The highest BCUT2D eigenvalue weighted by atomic mass is 16.6. The summed E-state index contributed by atoms with van der Waals surface area (Å²) in [5, 5.41) is 0. The van der Waals surface area contributed by atoms with Crippen LogP contribution in [0.15, 0.2) is 12.6 Å². The molecule has 0 radical (unpaired) electrons. The van der Waals surface area contributed by atoms with Crippen molar-refractivity contribution < 1.29 is 28.6 Å². The fourth-order valence-electron chi connectivity index (χ4n) is 2.28. The van der Waals surface area contributed by atoms with Crippen LogP contribution >= 0.6 is 0 Å². The number of carbonyl (C=O) groups is 3. The third-order valence-corrected chi connectivity index (χ3v) is 3.22. The first-order valence-corrected chi connectivity index (χ1v) is 9.27. The molecular weight excluding hydrogens is 376 g/mol. The van der Waals surface area contributed by atoms with Gasteiger partial charge in [0.2, 0.25) is 0 Å². The van der Waals surface area contributed by atoms with Crippen LogP contribution in [-0.2, 0) is 14.2 Å². The number of hydrogen-bond acceptors (Lipinski definition) is 7. The number of esters is 1. The van der Waals surface area contributed by atoms with E-state index in [0.717, 1.165) is 0 Å². The van der Waals surface area contributed by atoms with Crippen molar-refractivity contribution in [2.45, 2.75) is 66.6 Å². The van der Waals surface area contributed by atoms with Gasteiger partial charge in [0.1, 0.15) is 16.8 Å². The normalized spacial score (nSPS) is 11.4. The Balaban J connectivity index is 3.72. The van der Waals surface area contributed by atoms with Crippen LogP contribution in [0, 0.1) is 6.92 Å². The molecule has 0 saturated heterocycles. The number of ether oxygens (including phenoxy) is 3. The molecule has 0 saturated carbocycles. The lowest BCUT2D eigenvalue weighted by molar-refractivity contribution is 0.0428. The van der Waals surface area contributed by atoms with Gasteiger partial charge in [0, 0.05) is 5.69 Å². The predicted octanol–water partition coefficient (Wildman–Crippen LogP) is 4.89. The molecule has 0 spiro atoms. The Hall–Kier alpha value is -2.90. The number of nitrogens with zero attached hydrogens (tertiary/aromatic N) is 2. The van der Waals surface area contributed by atoms with Crippen molar-refractivity contribution in [3.8, 4) is 0 Å². The summed E-state index contributed by atoms with van der Waals surface area (Å²) in [4.78, 5) is 43.3. The first-order valence-electron chi connectivity index (χ1n) is 9.27. The van der Waals surface area contributed by atoms with Crippen LogP contribution in [0.4, 0.5) is 15.4 Å². The Morgan fingerprint density at radius 2 is 1.55 bits per heavy atom. The van der Waals surface area contributed by atoms with Gasteiger partial charge in [-0.15, -0.1) is 0 Å².